The van der Waals surface area contributed by atoms with Gasteiger partial charge < -0.3 is 0 Å². The Bertz CT molecular complexity index is 512. The van der Waals surface area contributed by atoms with E-state index >= 15 is 0 Å². The van der Waals surface area contributed by atoms with Gasteiger partial charge in [0.1, 0.15) is 4.90 Å². The van der Waals surface area contributed by atoms with E-state index in [2.05, 4.69) is 9.97 Å². The highest BCUT2D eigenvalue weighted by molar-refractivity contribution is 7.89. The molecular weight excluding hydrogens is 274 g/mol. The molecule has 0 bridgehead atoms. The Kier molecular flexibility index (Phi) is 3.89. The van der Waals surface area contributed by atoms with Crippen LogP contribution in [0.5, 0.6) is 0 Å². The van der Waals surface area contributed by atoms with Crippen molar-refractivity contribution < 1.29 is 8.42 Å². The van der Waals surface area contributed by atoms with Crippen LogP contribution < -0.4 is 0 Å². The molecule has 0 saturated heterocycles. The molecule has 1 aromatic rings. The molecule has 1 aromatic heterocycles. The van der Waals surface area contributed by atoms with Crippen LogP contribution in [0.3, 0.4) is 0 Å². The van der Waals surface area contributed by atoms with Crippen molar-refractivity contribution in [1.82, 2.24) is 14.3 Å². The molecule has 2 rings (SSSR count). The van der Waals surface area contributed by atoms with E-state index in [1.54, 1.807) is 0 Å². The predicted molar refractivity (Wildman–Crippen MR) is 68.8 cm³/mol. The Hall–Kier alpha value is -0.720. The Balaban J connectivity index is 2.28. The van der Waals surface area contributed by atoms with Crippen molar-refractivity contribution in [3.8, 4) is 0 Å². The normalized spacial score (nSPS) is 16.5. The molecule has 5 nitrogen and oxygen atoms in total. The average Bonchev–Trinajstić information content (AvgIpc) is 3.09. The van der Waals surface area contributed by atoms with Crippen molar-refractivity contribution >= 4 is 21.6 Å². The highest BCUT2D eigenvalue weighted by Gasteiger charge is 2.33. The first kappa shape index (κ1) is 13.7. The van der Waals surface area contributed by atoms with Gasteiger partial charge in [-0.2, -0.15) is 4.31 Å². The second-order valence-corrected chi connectivity index (χ2v) is 7.03. The molecule has 0 radical (unpaired) electrons. The van der Waals surface area contributed by atoms with Crippen molar-refractivity contribution in [2.45, 2.75) is 37.6 Å². The molecule has 0 aliphatic heterocycles. The molecule has 1 heterocycles. The van der Waals surface area contributed by atoms with Gasteiger partial charge in [-0.05, 0) is 44.2 Å². The number of nitrogens with zero attached hydrogens (tertiary/aromatic N) is 3. The van der Waals surface area contributed by atoms with Crippen LogP contribution in [0, 0.1) is 5.92 Å². The molecule has 0 atom stereocenters. The lowest BCUT2D eigenvalue weighted by atomic mass is 10.3. The van der Waals surface area contributed by atoms with Gasteiger partial charge in [0.25, 0.3) is 0 Å². The van der Waals surface area contributed by atoms with Crippen LogP contribution in [0.4, 0.5) is 0 Å². The summed E-state index contributed by atoms with van der Waals surface area (Å²) in [7, 11) is -3.52. The van der Waals surface area contributed by atoms with Crippen molar-refractivity contribution in [3.05, 3.63) is 17.7 Å². The van der Waals surface area contributed by atoms with E-state index in [9.17, 15) is 8.42 Å². The summed E-state index contributed by atoms with van der Waals surface area (Å²) in [5, 5.41) is 0.0484. The smallest absolute Gasteiger partial charge is 0.225 e. The summed E-state index contributed by atoms with van der Waals surface area (Å²) >= 11 is 5.57. The zero-order valence-electron chi connectivity index (χ0n) is 10.4. The zero-order valence-corrected chi connectivity index (χ0v) is 11.9. The van der Waals surface area contributed by atoms with Gasteiger partial charge in [-0.1, -0.05) is 0 Å². The van der Waals surface area contributed by atoms with Crippen LogP contribution in [-0.2, 0) is 10.0 Å². The molecular formula is C11H16ClN3O2S. The molecule has 18 heavy (non-hydrogen) atoms. The minimum Gasteiger partial charge on any atom is -0.225 e. The fourth-order valence-corrected chi connectivity index (χ4v) is 3.41. The number of hydrogen-bond acceptors (Lipinski definition) is 4. The van der Waals surface area contributed by atoms with Gasteiger partial charge in [0.05, 0.1) is 12.4 Å². The van der Waals surface area contributed by atoms with Gasteiger partial charge in [0.15, 0.2) is 0 Å². The second kappa shape index (κ2) is 5.11. The summed E-state index contributed by atoms with van der Waals surface area (Å²) in [5.74, 6) is 0.496. The van der Waals surface area contributed by atoms with Gasteiger partial charge in [0.2, 0.25) is 15.3 Å². The van der Waals surface area contributed by atoms with Gasteiger partial charge in [-0.3, -0.25) is 0 Å². The zero-order chi connectivity index (χ0) is 13.3. The van der Waals surface area contributed by atoms with Crippen molar-refractivity contribution in [2.75, 3.05) is 6.54 Å². The fraction of sp³-hybridized carbons (Fsp3) is 0.636. The Labute approximate surface area is 112 Å². The van der Waals surface area contributed by atoms with Crippen LogP contribution in [0.2, 0.25) is 5.28 Å². The van der Waals surface area contributed by atoms with E-state index in [1.807, 2.05) is 13.8 Å². The Morgan fingerprint density at radius 1 is 1.39 bits per heavy atom. The summed E-state index contributed by atoms with van der Waals surface area (Å²) in [6.45, 7) is 4.32. The van der Waals surface area contributed by atoms with Gasteiger partial charge >= 0.3 is 0 Å². The van der Waals surface area contributed by atoms with Crippen molar-refractivity contribution in [1.29, 1.82) is 0 Å². The molecule has 0 N–H and O–H groups in total. The first-order valence-corrected chi connectivity index (χ1v) is 7.72. The minimum absolute atomic E-state index is 0.0484. The molecule has 1 fully saturated rings. The summed E-state index contributed by atoms with van der Waals surface area (Å²) < 4.78 is 26.4. The molecule has 0 unspecified atom stereocenters. The quantitative estimate of drug-likeness (QED) is 0.777. The fourth-order valence-electron chi connectivity index (χ4n) is 1.71. The van der Waals surface area contributed by atoms with Crippen LogP contribution >= 0.6 is 11.6 Å². The first-order chi connectivity index (χ1) is 8.41. The monoisotopic (exact) mass is 289 g/mol. The van der Waals surface area contributed by atoms with Gasteiger partial charge in [-0.15, -0.1) is 0 Å². The third-order valence-corrected chi connectivity index (χ3v) is 5.10. The summed E-state index contributed by atoms with van der Waals surface area (Å²) in [6.07, 6.45) is 4.73. The lowest BCUT2D eigenvalue weighted by molar-refractivity contribution is 0.341. The molecule has 0 amide bonds. The maximum absolute atomic E-state index is 12.5. The average molecular weight is 290 g/mol. The van der Waals surface area contributed by atoms with Crippen molar-refractivity contribution in [2.24, 2.45) is 5.92 Å². The van der Waals surface area contributed by atoms with E-state index < -0.39 is 10.0 Å². The molecule has 1 aliphatic rings. The third kappa shape index (κ3) is 2.99. The number of sulfonamides is 1. The number of hydrogen-bond donors (Lipinski definition) is 0. The molecule has 1 aliphatic carbocycles. The maximum Gasteiger partial charge on any atom is 0.246 e. The highest BCUT2D eigenvalue weighted by atomic mass is 35.5. The Morgan fingerprint density at radius 2 is 1.94 bits per heavy atom. The number of aromatic nitrogens is 2. The lowest BCUT2D eigenvalue weighted by Gasteiger charge is -2.25. The standard InChI is InChI=1S/C11H16ClN3O2S/c1-8(2)15(7-9-3-4-9)18(16,17)10-5-13-11(12)14-6-10/h5-6,8-9H,3-4,7H2,1-2H3. The van der Waals surface area contributed by atoms with E-state index in [1.165, 1.54) is 16.7 Å². The Morgan fingerprint density at radius 3 is 2.39 bits per heavy atom. The van der Waals surface area contributed by atoms with Crippen LogP contribution in [0.15, 0.2) is 17.3 Å². The molecule has 7 heteroatoms. The van der Waals surface area contributed by atoms with Crippen LogP contribution in [0.25, 0.3) is 0 Å². The van der Waals surface area contributed by atoms with E-state index in [-0.39, 0.29) is 16.2 Å². The van der Waals surface area contributed by atoms with E-state index in [0.29, 0.717) is 12.5 Å². The molecule has 0 aromatic carbocycles. The van der Waals surface area contributed by atoms with E-state index in [4.69, 9.17) is 11.6 Å². The first-order valence-electron chi connectivity index (χ1n) is 5.90. The minimum atomic E-state index is -3.52. The van der Waals surface area contributed by atoms with E-state index in [0.717, 1.165) is 12.8 Å². The predicted octanol–water partition coefficient (Wildman–Crippen LogP) is 1.94. The lowest BCUT2D eigenvalue weighted by Crippen LogP contribution is -2.38. The van der Waals surface area contributed by atoms with Gasteiger partial charge in [0, 0.05) is 12.6 Å². The summed E-state index contributed by atoms with van der Waals surface area (Å²) in [5.41, 5.74) is 0. The molecule has 0 spiro atoms. The van der Waals surface area contributed by atoms with Crippen LogP contribution in [0.1, 0.15) is 26.7 Å². The second-order valence-electron chi connectivity index (χ2n) is 4.80. The number of halogens is 1. The largest absolute Gasteiger partial charge is 0.246 e. The van der Waals surface area contributed by atoms with Crippen molar-refractivity contribution in [3.63, 3.8) is 0 Å². The maximum atomic E-state index is 12.5. The third-order valence-electron chi connectivity index (χ3n) is 2.91. The summed E-state index contributed by atoms with van der Waals surface area (Å²) in [6, 6.07) is -0.0775. The number of rotatable bonds is 5. The van der Waals surface area contributed by atoms with Crippen LogP contribution in [-0.4, -0.2) is 35.3 Å². The summed E-state index contributed by atoms with van der Waals surface area (Å²) in [4.78, 5) is 7.56. The van der Waals surface area contributed by atoms with Gasteiger partial charge in [-0.25, -0.2) is 18.4 Å². The highest BCUT2D eigenvalue weighted by Crippen LogP contribution is 2.32. The topological polar surface area (TPSA) is 63.2 Å². The molecule has 1 saturated carbocycles. The SMILES string of the molecule is CC(C)N(CC1CC1)S(=O)(=O)c1cnc(Cl)nc1. The molecule has 100 valence electrons.